The highest BCUT2D eigenvalue weighted by atomic mass is 14.9. The molecule has 2 heteroatoms. The molecule has 1 rings (SSSR count). The van der Waals surface area contributed by atoms with Crippen molar-refractivity contribution in [3.05, 3.63) is 35.4 Å². The van der Waals surface area contributed by atoms with E-state index >= 15 is 0 Å². The average Bonchev–Trinajstić information content (AvgIpc) is 2.33. The van der Waals surface area contributed by atoms with Gasteiger partial charge in [0.05, 0.1) is 0 Å². The van der Waals surface area contributed by atoms with Crippen LogP contribution in [0.25, 0.3) is 0 Å². The largest absolute Gasteiger partial charge is 0.314 e. The Kier molecular flexibility index (Phi) is 6.90. The SMILES string of the molecule is CCc1ccccc1CNCCCNC(C)C. The molecule has 0 fully saturated rings. The van der Waals surface area contributed by atoms with Gasteiger partial charge in [-0.15, -0.1) is 0 Å². The van der Waals surface area contributed by atoms with Crippen LogP contribution in [0.2, 0.25) is 0 Å². The van der Waals surface area contributed by atoms with Gasteiger partial charge in [0.2, 0.25) is 0 Å². The van der Waals surface area contributed by atoms with Crippen LogP contribution in [-0.4, -0.2) is 19.1 Å². The van der Waals surface area contributed by atoms with Crippen LogP contribution in [0.5, 0.6) is 0 Å². The molecule has 1 aromatic rings. The molecule has 0 saturated heterocycles. The van der Waals surface area contributed by atoms with Gasteiger partial charge < -0.3 is 10.6 Å². The first-order valence-corrected chi connectivity index (χ1v) is 6.75. The summed E-state index contributed by atoms with van der Waals surface area (Å²) in [7, 11) is 0. The van der Waals surface area contributed by atoms with Gasteiger partial charge in [-0.2, -0.15) is 0 Å². The van der Waals surface area contributed by atoms with Gasteiger partial charge in [-0.1, -0.05) is 45.0 Å². The zero-order valence-electron chi connectivity index (χ0n) is 11.4. The molecule has 0 spiro atoms. The Balaban J connectivity index is 2.17. The van der Waals surface area contributed by atoms with Crippen molar-refractivity contribution in [1.82, 2.24) is 10.6 Å². The summed E-state index contributed by atoms with van der Waals surface area (Å²) in [6, 6.07) is 9.27. The third-order valence-electron chi connectivity index (χ3n) is 2.90. The number of hydrogen-bond donors (Lipinski definition) is 2. The lowest BCUT2D eigenvalue weighted by atomic mass is 10.1. The highest BCUT2D eigenvalue weighted by Gasteiger charge is 1.98. The molecular weight excluding hydrogens is 208 g/mol. The molecule has 0 unspecified atom stereocenters. The summed E-state index contributed by atoms with van der Waals surface area (Å²) >= 11 is 0. The second kappa shape index (κ2) is 8.26. The van der Waals surface area contributed by atoms with Gasteiger partial charge in [0.1, 0.15) is 0 Å². The maximum atomic E-state index is 3.51. The monoisotopic (exact) mass is 234 g/mol. The predicted molar refractivity (Wildman–Crippen MR) is 75.3 cm³/mol. The van der Waals surface area contributed by atoms with Crippen LogP contribution in [0.1, 0.15) is 38.3 Å². The first-order valence-electron chi connectivity index (χ1n) is 6.75. The molecule has 1 aromatic carbocycles. The summed E-state index contributed by atoms with van der Waals surface area (Å²) < 4.78 is 0. The first-order chi connectivity index (χ1) is 8.24. The molecule has 2 nitrogen and oxygen atoms in total. The van der Waals surface area contributed by atoms with Crippen LogP contribution in [0.15, 0.2) is 24.3 Å². The smallest absolute Gasteiger partial charge is 0.0208 e. The van der Waals surface area contributed by atoms with E-state index in [1.54, 1.807) is 0 Å². The van der Waals surface area contributed by atoms with Gasteiger partial charge in [-0.05, 0) is 37.1 Å². The Morgan fingerprint density at radius 2 is 1.76 bits per heavy atom. The van der Waals surface area contributed by atoms with Crippen LogP contribution < -0.4 is 10.6 Å². The van der Waals surface area contributed by atoms with E-state index in [1.165, 1.54) is 17.5 Å². The summed E-state index contributed by atoms with van der Waals surface area (Å²) in [6.45, 7) is 9.75. The molecule has 0 aliphatic rings. The van der Waals surface area contributed by atoms with Crippen LogP contribution in [0.4, 0.5) is 0 Å². The minimum atomic E-state index is 0.593. The normalized spacial score (nSPS) is 11.1. The minimum absolute atomic E-state index is 0.593. The first kappa shape index (κ1) is 14.2. The molecule has 0 aliphatic heterocycles. The van der Waals surface area contributed by atoms with Crippen molar-refractivity contribution >= 4 is 0 Å². The van der Waals surface area contributed by atoms with E-state index in [2.05, 4.69) is 55.7 Å². The molecule has 96 valence electrons. The Morgan fingerprint density at radius 1 is 1.06 bits per heavy atom. The lowest BCUT2D eigenvalue weighted by Crippen LogP contribution is -2.26. The number of aryl methyl sites for hydroxylation is 1. The van der Waals surface area contributed by atoms with Crippen molar-refractivity contribution in [3.63, 3.8) is 0 Å². The number of nitrogens with one attached hydrogen (secondary N) is 2. The van der Waals surface area contributed by atoms with E-state index in [1.807, 2.05) is 0 Å². The molecule has 0 aromatic heterocycles. The van der Waals surface area contributed by atoms with Crippen LogP contribution >= 0.6 is 0 Å². The highest BCUT2D eigenvalue weighted by Crippen LogP contribution is 2.08. The molecule has 0 saturated carbocycles. The molecule has 0 radical (unpaired) electrons. The van der Waals surface area contributed by atoms with E-state index in [-0.39, 0.29) is 0 Å². The fraction of sp³-hybridized carbons (Fsp3) is 0.600. The van der Waals surface area contributed by atoms with E-state index in [9.17, 15) is 0 Å². The summed E-state index contributed by atoms with van der Waals surface area (Å²) in [5, 5.41) is 6.94. The van der Waals surface area contributed by atoms with Gasteiger partial charge in [-0.25, -0.2) is 0 Å². The van der Waals surface area contributed by atoms with Crippen molar-refractivity contribution in [2.24, 2.45) is 0 Å². The van der Waals surface area contributed by atoms with Crippen molar-refractivity contribution in [3.8, 4) is 0 Å². The van der Waals surface area contributed by atoms with E-state index in [4.69, 9.17) is 0 Å². The fourth-order valence-electron chi connectivity index (χ4n) is 1.90. The Hall–Kier alpha value is -0.860. The molecule has 0 bridgehead atoms. The standard InChI is InChI=1S/C15H26N2/c1-4-14-8-5-6-9-15(14)12-16-10-7-11-17-13(2)3/h5-6,8-9,13,16-17H,4,7,10-12H2,1-3H3. The second-order valence-corrected chi connectivity index (χ2v) is 4.76. The zero-order chi connectivity index (χ0) is 12.5. The number of benzene rings is 1. The summed E-state index contributed by atoms with van der Waals surface area (Å²) in [6.07, 6.45) is 2.30. The van der Waals surface area contributed by atoms with Crippen LogP contribution in [0.3, 0.4) is 0 Å². The molecule has 0 amide bonds. The average molecular weight is 234 g/mol. The van der Waals surface area contributed by atoms with Gasteiger partial charge >= 0.3 is 0 Å². The maximum absolute atomic E-state index is 3.51. The lowest BCUT2D eigenvalue weighted by Gasteiger charge is -2.10. The van der Waals surface area contributed by atoms with Gasteiger partial charge in [-0.3, -0.25) is 0 Å². The number of hydrogen-bond acceptors (Lipinski definition) is 2. The van der Waals surface area contributed by atoms with Crippen molar-refractivity contribution < 1.29 is 0 Å². The Bertz CT molecular complexity index is 308. The van der Waals surface area contributed by atoms with Crippen molar-refractivity contribution in [2.45, 2.75) is 46.2 Å². The lowest BCUT2D eigenvalue weighted by molar-refractivity contribution is 0.547. The molecular formula is C15H26N2. The molecule has 0 heterocycles. The molecule has 0 aliphatic carbocycles. The summed E-state index contributed by atoms with van der Waals surface area (Å²) in [5.41, 5.74) is 2.90. The second-order valence-electron chi connectivity index (χ2n) is 4.76. The van der Waals surface area contributed by atoms with Gasteiger partial charge in [0, 0.05) is 12.6 Å². The van der Waals surface area contributed by atoms with Crippen molar-refractivity contribution in [2.75, 3.05) is 13.1 Å². The molecule has 2 N–H and O–H groups in total. The van der Waals surface area contributed by atoms with E-state index in [0.29, 0.717) is 6.04 Å². The van der Waals surface area contributed by atoms with Gasteiger partial charge in [0.25, 0.3) is 0 Å². The van der Waals surface area contributed by atoms with Crippen LogP contribution in [0, 0.1) is 0 Å². The maximum Gasteiger partial charge on any atom is 0.0208 e. The highest BCUT2D eigenvalue weighted by molar-refractivity contribution is 5.26. The topological polar surface area (TPSA) is 24.1 Å². The number of rotatable bonds is 8. The minimum Gasteiger partial charge on any atom is -0.314 e. The summed E-state index contributed by atoms with van der Waals surface area (Å²) in [4.78, 5) is 0. The third-order valence-corrected chi connectivity index (χ3v) is 2.90. The van der Waals surface area contributed by atoms with Gasteiger partial charge in [0.15, 0.2) is 0 Å². The summed E-state index contributed by atoms with van der Waals surface area (Å²) in [5.74, 6) is 0. The van der Waals surface area contributed by atoms with Crippen LogP contribution in [-0.2, 0) is 13.0 Å². The molecule has 0 atom stereocenters. The fourth-order valence-corrected chi connectivity index (χ4v) is 1.90. The Labute approximate surface area is 106 Å². The Morgan fingerprint density at radius 3 is 2.41 bits per heavy atom. The quantitative estimate of drug-likeness (QED) is 0.676. The predicted octanol–water partition coefficient (Wildman–Crippen LogP) is 2.73. The van der Waals surface area contributed by atoms with Crippen molar-refractivity contribution in [1.29, 1.82) is 0 Å². The molecule has 17 heavy (non-hydrogen) atoms. The zero-order valence-corrected chi connectivity index (χ0v) is 11.4. The van der Waals surface area contributed by atoms with E-state index in [0.717, 1.165) is 26.1 Å². The third kappa shape index (κ3) is 5.85. The van der Waals surface area contributed by atoms with E-state index < -0.39 is 0 Å².